The summed E-state index contributed by atoms with van der Waals surface area (Å²) in [6, 6.07) is 1.41. The fourth-order valence-electron chi connectivity index (χ4n) is 2.21. The Kier molecular flexibility index (Phi) is 4.63. The lowest BCUT2D eigenvalue weighted by Gasteiger charge is -2.42. The molecular weight excluding hydrogens is 184 g/mol. The molecular formula is C13H24N2. The minimum absolute atomic E-state index is 0.258. The molecule has 0 aromatic heterocycles. The van der Waals surface area contributed by atoms with Gasteiger partial charge < -0.3 is 5.32 Å². The highest BCUT2D eigenvalue weighted by atomic mass is 15.2. The maximum Gasteiger partial charge on any atom is 0.0686 e. The van der Waals surface area contributed by atoms with E-state index in [1.165, 1.54) is 6.42 Å². The number of piperazine rings is 1. The van der Waals surface area contributed by atoms with Gasteiger partial charge in [0, 0.05) is 25.2 Å². The van der Waals surface area contributed by atoms with E-state index in [4.69, 9.17) is 6.42 Å². The van der Waals surface area contributed by atoms with Crippen molar-refractivity contribution in [1.82, 2.24) is 10.2 Å². The van der Waals surface area contributed by atoms with Crippen LogP contribution in [0.25, 0.3) is 0 Å². The molecule has 2 nitrogen and oxygen atoms in total. The Hall–Kier alpha value is -0.520. The third-order valence-corrected chi connectivity index (χ3v) is 3.72. The van der Waals surface area contributed by atoms with Crippen molar-refractivity contribution in [1.29, 1.82) is 0 Å². The van der Waals surface area contributed by atoms with E-state index >= 15 is 0 Å². The fourth-order valence-corrected chi connectivity index (χ4v) is 2.21. The van der Waals surface area contributed by atoms with Gasteiger partial charge in [0.05, 0.1) is 6.04 Å². The lowest BCUT2D eigenvalue weighted by molar-refractivity contribution is 0.103. The number of hydrogen-bond donors (Lipinski definition) is 1. The van der Waals surface area contributed by atoms with Gasteiger partial charge in [0.2, 0.25) is 0 Å². The Balaban J connectivity index is 2.60. The molecule has 0 aliphatic carbocycles. The molecule has 1 fully saturated rings. The van der Waals surface area contributed by atoms with E-state index < -0.39 is 0 Å². The second-order valence-electron chi connectivity index (χ2n) is 4.79. The highest BCUT2D eigenvalue weighted by Gasteiger charge is 2.29. The van der Waals surface area contributed by atoms with Crippen molar-refractivity contribution in [2.45, 2.75) is 52.2 Å². The summed E-state index contributed by atoms with van der Waals surface area (Å²) in [6.45, 7) is 11.1. The van der Waals surface area contributed by atoms with Crippen LogP contribution in [0.4, 0.5) is 0 Å². The number of hydrogen-bond acceptors (Lipinski definition) is 2. The molecule has 0 radical (unpaired) electrons. The monoisotopic (exact) mass is 208 g/mol. The van der Waals surface area contributed by atoms with Crippen LogP contribution in [0.5, 0.6) is 0 Å². The third kappa shape index (κ3) is 2.96. The predicted molar refractivity (Wildman–Crippen MR) is 65.7 cm³/mol. The molecule has 0 spiro atoms. The summed E-state index contributed by atoms with van der Waals surface area (Å²) in [6.07, 6.45) is 6.73. The first kappa shape index (κ1) is 12.5. The summed E-state index contributed by atoms with van der Waals surface area (Å²) in [7, 11) is 0. The normalized spacial score (nSPS) is 31.9. The Morgan fingerprint density at radius 2 is 2.20 bits per heavy atom. The molecule has 15 heavy (non-hydrogen) atoms. The average Bonchev–Trinajstić information content (AvgIpc) is 2.27. The third-order valence-electron chi connectivity index (χ3n) is 3.72. The fraction of sp³-hybridized carbons (Fsp3) is 0.846. The molecule has 0 aromatic rings. The van der Waals surface area contributed by atoms with Crippen LogP contribution >= 0.6 is 0 Å². The van der Waals surface area contributed by atoms with E-state index in [9.17, 15) is 0 Å². The summed E-state index contributed by atoms with van der Waals surface area (Å²) in [5.41, 5.74) is 0. The lowest BCUT2D eigenvalue weighted by atomic mass is 9.95. The van der Waals surface area contributed by atoms with Gasteiger partial charge in [-0.05, 0) is 19.8 Å². The van der Waals surface area contributed by atoms with E-state index in [0.29, 0.717) is 12.1 Å². The molecule has 1 rings (SSSR count). The minimum Gasteiger partial charge on any atom is -0.311 e. The highest BCUT2D eigenvalue weighted by molar-refractivity contribution is 5.01. The molecule has 1 N–H and O–H groups in total. The minimum atomic E-state index is 0.258. The van der Waals surface area contributed by atoms with E-state index in [2.05, 4.69) is 43.8 Å². The van der Waals surface area contributed by atoms with Crippen molar-refractivity contribution >= 4 is 0 Å². The van der Waals surface area contributed by atoms with Crippen molar-refractivity contribution in [3.05, 3.63) is 0 Å². The van der Waals surface area contributed by atoms with Gasteiger partial charge in [-0.25, -0.2) is 0 Å². The van der Waals surface area contributed by atoms with Gasteiger partial charge in [0.15, 0.2) is 0 Å². The van der Waals surface area contributed by atoms with Crippen molar-refractivity contribution in [3.8, 4) is 12.3 Å². The molecule has 0 bridgehead atoms. The van der Waals surface area contributed by atoms with E-state index in [0.717, 1.165) is 19.0 Å². The SMILES string of the molecule is C#CC(C)N1CC(C(C)CC)NCC1C. The maximum atomic E-state index is 5.51. The van der Waals surface area contributed by atoms with Gasteiger partial charge in [-0.3, -0.25) is 4.90 Å². The van der Waals surface area contributed by atoms with Gasteiger partial charge >= 0.3 is 0 Å². The van der Waals surface area contributed by atoms with Crippen LogP contribution in [0, 0.1) is 18.3 Å². The second kappa shape index (κ2) is 5.53. The van der Waals surface area contributed by atoms with E-state index in [1.807, 2.05) is 0 Å². The summed E-state index contributed by atoms with van der Waals surface area (Å²) in [4.78, 5) is 2.44. The Bertz CT molecular complexity index is 231. The molecule has 1 aliphatic rings. The topological polar surface area (TPSA) is 15.3 Å². The van der Waals surface area contributed by atoms with Crippen molar-refractivity contribution in [2.24, 2.45) is 5.92 Å². The molecule has 0 aromatic carbocycles. The molecule has 0 amide bonds. The predicted octanol–water partition coefficient (Wildman–Crippen LogP) is 1.72. The second-order valence-corrected chi connectivity index (χ2v) is 4.79. The van der Waals surface area contributed by atoms with Crippen molar-refractivity contribution in [2.75, 3.05) is 13.1 Å². The first-order valence-electron chi connectivity index (χ1n) is 6.05. The average molecular weight is 208 g/mol. The van der Waals surface area contributed by atoms with Gasteiger partial charge in [0.1, 0.15) is 0 Å². The van der Waals surface area contributed by atoms with Gasteiger partial charge in [-0.1, -0.05) is 26.2 Å². The Morgan fingerprint density at radius 3 is 2.73 bits per heavy atom. The van der Waals surface area contributed by atoms with Gasteiger partial charge in [-0.15, -0.1) is 6.42 Å². The van der Waals surface area contributed by atoms with Crippen LogP contribution < -0.4 is 5.32 Å². The van der Waals surface area contributed by atoms with Crippen molar-refractivity contribution < 1.29 is 0 Å². The van der Waals surface area contributed by atoms with Crippen LogP contribution in [0.15, 0.2) is 0 Å². The summed E-state index contributed by atoms with van der Waals surface area (Å²) < 4.78 is 0. The molecule has 2 heteroatoms. The number of nitrogens with one attached hydrogen (secondary N) is 1. The number of terminal acetylenes is 1. The lowest BCUT2D eigenvalue weighted by Crippen LogP contribution is -2.59. The molecule has 4 atom stereocenters. The number of nitrogens with zero attached hydrogens (tertiary/aromatic N) is 1. The maximum absolute atomic E-state index is 5.51. The van der Waals surface area contributed by atoms with Crippen molar-refractivity contribution in [3.63, 3.8) is 0 Å². The summed E-state index contributed by atoms with van der Waals surface area (Å²) in [5.74, 6) is 3.57. The number of rotatable bonds is 3. The molecule has 4 unspecified atom stereocenters. The smallest absolute Gasteiger partial charge is 0.0686 e. The Morgan fingerprint density at radius 1 is 1.53 bits per heavy atom. The van der Waals surface area contributed by atoms with E-state index in [1.54, 1.807) is 0 Å². The van der Waals surface area contributed by atoms with Crippen LogP contribution in [-0.2, 0) is 0 Å². The van der Waals surface area contributed by atoms with Gasteiger partial charge in [-0.2, -0.15) is 0 Å². The molecule has 1 saturated heterocycles. The zero-order valence-electron chi connectivity index (χ0n) is 10.5. The van der Waals surface area contributed by atoms with Crippen LogP contribution in [-0.4, -0.2) is 36.1 Å². The van der Waals surface area contributed by atoms with Crippen LogP contribution in [0.3, 0.4) is 0 Å². The Labute approximate surface area is 94.4 Å². The standard InChI is InChI=1S/C13H24N2/c1-6-10(3)13-9-15(11(4)7-2)12(5)8-14-13/h2,10-14H,6,8-9H2,1,3-5H3. The van der Waals surface area contributed by atoms with E-state index in [-0.39, 0.29) is 6.04 Å². The summed E-state index contributed by atoms with van der Waals surface area (Å²) in [5, 5.41) is 3.62. The zero-order valence-corrected chi connectivity index (χ0v) is 10.5. The molecule has 1 aliphatic heterocycles. The van der Waals surface area contributed by atoms with Crippen LogP contribution in [0.1, 0.15) is 34.1 Å². The quantitative estimate of drug-likeness (QED) is 0.710. The van der Waals surface area contributed by atoms with Crippen LogP contribution in [0.2, 0.25) is 0 Å². The molecule has 1 heterocycles. The largest absolute Gasteiger partial charge is 0.311 e. The molecule has 86 valence electrons. The first-order valence-corrected chi connectivity index (χ1v) is 6.05. The zero-order chi connectivity index (χ0) is 11.4. The summed E-state index contributed by atoms with van der Waals surface area (Å²) >= 11 is 0. The molecule has 0 saturated carbocycles. The first-order chi connectivity index (χ1) is 7.10. The van der Waals surface area contributed by atoms with Gasteiger partial charge in [0.25, 0.3) is 0 Å². The highest BCUT2D eigenvalue weighted by Crippen LogP contribution is 2.17.